The van der Waals surface area contributed by atoms with Crippen LogP contribution in [0.1, 0.15) is 24.0 Å². The molecule has 2 aromatic carbocycles. The number of hydrogen-bond acceptors (Lipinski definition) is 3. The van der Waals surface area contributed by atoms with Gasteiger partial charge in [0.2, 0.25) is 10.0 Å². The fourth-order valence-corrected chi connectivity index (χ4v) is 4.95. The second-order valence-corrected chi connectivity index (χ2v) is 9.13. The molecular formula is C21H27NO3S. The molecule has 5 heteroatoms. The molecule has 0 amide bonds. The highest BCUT2D eigenvalue weighted by atomic mass is 32.2. The van der Waals surface area contributed by atoms with Crippen molar-refractivity contribution in [2.45, 2.75) is 26.2 Å². The van der Waals surface area contributed by atoms with Crippen LogP contribution >= 0.6 is 0 Å². The highest BCUT2D eigenvalue weighted by molar-refractivity contribution is 7.89. The van der Waals surface area contributed by atoms with Crippen molar-refractivity contribution < 1.29 is 13.2 Å². The Labute approximate surface area is 156 Å². The van der Waals surface area contributed by atoms with Crippen molar-refractivity contribution in [1.82, 2.24) is 4.31 Å². The number of benzene rings is 2. The minimum atomic E-state index is -3.23. The first-order chi connectivity index (χ1) is 12.5. The van der Waals surface area contributed by atoms with Gasteiger partial charge in [-0.15, -0.1) is 0 Å². The summed E-state index contributed by atoms with van der Waals surface area (Å²) in [5.74, 6) is 1.27. The molecule has 0 N–H and O–H groups in total. The summed E-state index contributed by atoms with van der Waals surface area (Å²) in [6.07, 6.45) is 2.47. The smallest absolute Gasteiger partial charge is 0.214 e. The fourth-order valence-electron chi connectivity index (χ4n) is 3.36. The summed E-state index contributed by atoms with van der Waals surface area (Å²) in [4.78, 5) is 0. The zero-order valence-corrected chi connectivity index (χ0v) is 16.1. The highest BCUT2D eigenvalue weighted by Crippen LogP contribution is 2.22. The van der Waals surface area contributed by atoms with E-state index in [2.05, 4.69) is 0 Å². The summed E-state index contributed by atoms with van der Waals surface area (Å²) in [5, 5.41) is 0. The summed E-state index contributed by atoms with van der Waals surface area (Å²) in [6, 6.07) is 17.8. The molecule has 1 fully saturated rings. The van der Waals surface area contributed by atoms with E-state index in [4.69, 9.17) is 4.74 Å². The van der Waals surface area contributed by atoms with Crippen molar-refractivity contribution in [2.24, 2.45) is 5.92 Å². The molecule has 0 aliphatic carbocycles. The molecule has 0 bridgehead atoms. The molecule has 0 spiro atoms. The van der Waals surface area contributed by atoms with Gasteiger partial charge in [-0.05, 0) is 49.4 Å². The van der Waals surface area contributed by atoms with Gasteiger partial charge in [0.15, 0.2) is 0 Å². The predicted molar refractivity (Wildman–Crippen MR) is 105 cm³/mol. The SMILES string of the molecule is Cc1cccc(OCC2CCCN(S(=O)(=O)CCc3ccccc3)C2)c1. The molecule has 3 rings (SSSR count). The Hall–Kier alpha value is -1.85. The van der Waals surface area contributed by atoms with Gasteiger partial charge in [0, 0.05) is 19.0 Å². The monoisotopic (exact) mass is 373 g/mol. The first-order valence-electron chi connectivity index (χ1n) is 9.24. The van der Waals surface area contributed by atoms with Gasteiger partial charge in [0.25, 0.3) is 0 Å². The summed E-state index contributed by atoms with van der Waals surface area (Å²) in [7, 11) is -3.23. The fraction of sp³-hybridized carbons (Fsp3) is 0.429. The van der Waals surface area contributed by atoms with Crippen molar-refractivity contribution in [2.75, 3.05) is 25.4 Å². The lowest BCUT2D eigenvalue weighted by molar-refractivity contribution is 0.180. The van der Waals surface area contributed by atoms with Gasteiger partial charge < -0.3 is 4.74 Å². The van der Waals surface area contributed by atoms with Gasteiger partial charge in [-0.2, -0.15) is 0 Å². The van der Waals surface area contributed by atoms with Crippen LogP contribution < -0.4 is 4.74 Å². The Bertz CT molecular complexity index is 805. The first kappa shape index (κ1) is 18.9. The van der Waals surface area contributed by atoms with Crippen molar-refractivity contribution in [3.63, 3.8) is 0 Å². The van der Waals surface area contributed by atoms with Crippen molar-refractivity contribution in [1.29, 1.82) is 0 Å². The summed E-state index contributed by atoms with van der Waals surface area (Å²) >= 11 is 0. The van der Waals surface area contributed by atoms with Crippen LogP contribution in [0.25, 0.3) is 0 Å². The zero-order chi connectivity index (χ0) is 18.4. The van der Waals surface area contributed by atoms with Gasteiger partial charge in [-0.25, -0.2) is 12.7 Å². The molecule has 0 radical (unpaired) electrons. The Morgan fingerprint density at radius 2 is 1.92 bits per heavy atom. The number of piperidine rings is 1. The molecule has 1 atom stereocenters. The molecule has 0 saturated carbocycles. The lowest BCUT2D eigenvalue weighted by Crippen LogP contribution is -2.42. The van der Waals surface area contributed by atoms with Crippen molar-refractivity contribution in [3.8, 4) is 5.75 Å². The molecule has 140 valence electrons. The molecule has 1 saturated heterocycles. The van der Waals surface area contributed by atoms with Crippen LogP contribution in [0.5, 0.6) is 5.75 Å². The minimum absolute atomic E-state index is 0.169. The van der Waals surface area contributed by atoms with Gasteiger partial charge in [0.05, 0.1) is 12.4 Å². The van der Waals surface area contributed by atoms with E-state index in [0.717, 1.165) is 29.7 Å². The maximum atomic E-state index is 12.7. The normalized spacial score (nSPS) is 18.6. The molecule has 1 aliphatic rings. The Kier molecular flexibility index (Phi) is 6.33. The number of rotatable bonds is 7. The third kappa shape index (κ3) is 5.32. The van der Waals surface area contributed by atoms with Crippen LogP contribution in [0, 0.1) is 12.8 Å². The van der Waals surface area contributed by atoms with E-state index in [1.165, 1.54) is 0 Å². The number of sulfonamides is 1. The zero-order valence-electron chi connectivity index (χ0n) is 15.3. The Morgan fingerprint density at radius 3 is 2.69 bits per heavy atom. The van der Waals surface area contributed by atoms with Crippen LogP contribution in [0.2, 0.25) is 0 Å². The van der Waals surface area contributed by atoms with Gasteiger partial charge in [-0.1, -0.05) is 42.5 Å². The third-order valence-corrected chi connectivity index (χ3v) is 6.68. The maximum Gasteiger partial charge on any atom is 0.214 e. The molecule has 1 unspecified atom stereocenters. The summed E-state index contributed by atoms with van der Waals surface area (Å²) in [6.45, 7) is 3.78. The van der Waals surface area contributed by atoms with Crippen LogP contribution in [-0.2, 0) is 16.4 Å². The number of ether oxygens (including phenoxy) is 1. The summed E-state index contributed by atoms with van der Waals surface area (Å²) in [5.41, 5.74) is 2.23. The summed E-state index contributed by atoms with van der Waals surface area (Å²) < 4.78 is 33.0. The molecule has 2 aromatic rings. The van der Waals surface area contributed by atoms with E-state index in [9.17, 15) is 8.42 Å². The molecule has 26 heavy (non-hydrogen) atoms. The van der Waals surface area contributed by atoms with E-state index >= 15 is 0 Å². The Balaban J connectivity index is 1.53. The van der Waals surface area contributed by atoms with E-state index in [1.807, 2.05) is 61.5 Å². The lowest BCUT2D eigenvalue weighted by Gasteiger charge is -2.31. The molecular weight excluding hydrogens is 346 g/mol. The maximum absolute atomic E-state index is 12.7. The van der Waals surface area contributed by atoms with E-state index in [1.54, 1.807) is 4.31 Å². The first-order valence-corrected chi connectivity index (χ1v) is 10.8. The van der Waals surface area contributed by atoms with Crippen molar-refractivity contribution >= 4 is 10.0 Å². The van der Waals surface area contributed by atoms with Crippen LogP contribution in [0.3, 0.4) is 0 Å². The number of hydrogen-bond donors (Lipinski definition) is 0. The molecule has 1 heterocycles. The topological polar surface area (TPSA) is 46.6 Å². The molecule has 0 aromatic heterocycles. The molecule has 4 nitrogen and oxygen atoms in total. The van der Waals surface area contributed by atoms with E-state index in [-0.39, 0.29) is 11.7 Å². The number of aryl methyl sites for hydroxylation is 2. The van der Waals surface area contributed by atoms with Crippen molar-refractivity contribution in [3.05, 3.63) is 65.7 Å². The average Bonchev–Trinajstić information content (AvgIpc) is 2.66. The largest absolute Gasteiger partial charge is 0.493 e. The third-order valence-electron chi connectivity index (χ3n) is 4.84. The van der Waals surface area contributed by atoms with Crippen LogP contribution in [-0.4, -0.2) is 38.2 Å². The lowest BCUT2D eigenvalue weighted by atomic mass is 10.0. The second kappa shape index (κ2) is 8.69. The second-order valence-electron chi connectivity index (χ2n) is 7.05. The van der Waals surface area contributed by atoms with Gasteiger partial charge >= 0.3 is 0 Å². The predicted octanol–water partition coefficient (Wildman–Crippen LogP) is 3.66. The molecule has 1 aliphatic heterocycles. The quantitative estimate of drug-likeness (QED) is 0.744. The van der Waals surface area contributed by atoms with E-state index < -0.39 is 10.0 Å². The van der Waals surface area contributed by atoms with Crippen LogP contribution in [0.15, 0.2) is 54.6 Å². The van der Waals surface area contributed by atoms with Crippen LogP contribution in [0.4, 0.5) is 0 Å². The minimum Gasteiger partial charge on any atom is -0.493 e. The number of nitrogens with zero attached hydrogens (tertiary/aromatic N) is 1. The average molecular weight is 374 g/mol. The Morgan fingerprint density at radius 1 is 1.12 bits per heavy atom. The van der Waals surface area contributed by atoms with Gasteiger partial charge in [0.1, 0.15) is 5.75 Å². The van der Waals surface area contributed by atoms with E-state index in [0.29, 0.717) is 26.1 Å². The standard InChI is InChI=1S/C21H27NO3S/c1-18-7-5-11-21(15-18)25-17-20-10-6-13-22(16-20)26(23,24)14-12-19-8-3-2-4-9-19/h2-5,7-9,11,15,20H,6,10,12-14,16-17H2,1H3. The van der Waals surface area contributed by atoms with Gasteiger partial charge in [-0.3, -0.25) is 0 Å². The highest BCUT2D eigenvalue weighted by Gasteiger charge is 2.29.